The molecule has 1 unspecified atom stereocenters. The zero-order chi connectivity index (χ0) is 22.1. The summed E-state index contributed by atoms with van der Waals surface area (Å²) in [4.78, 5) is 15.0. The van der Waals surface area contributed by atoms with Crippen LogP contribution in [0.5, 0.6) is 0 Å². The van der Waals surface area contributed by atoms with Gasteiger partial charge in [-0.2, -0.15) is 0 Å². The predicted molar refractivity (Wildman–Crippen MR) is 131 cm³/mol. The number of nitrogens with zero attached hydrogens (tertiary/aromatic N) is 5. The van der Waals surface area contributed by atoms with Crippen LogP contribution in [0.2, 0.25) is 0 Å². The van der Waals surface area contributed by atoms with Crippen LogP contribution in [0.4, 0.5) is 0 Å². The van der Waals surface area contributed by atoms with Gasteiger partial charge in [0.05, 0.1) is 29.3 Å². The minimum atomic E-state index is 0.374. The molecule has 0 N–H and O–H groups in total. The van der Waals surface area contributed by atoms with E-state index in [-0.39, 0.29) is 0 Å². The number of aromatic nitrogens is 3. The van der Waals surface area contributed by atoms with Crippen LogP contribution in [0, 0.1) is 5.92 Å². The molecule has 170 valence electrons. The van der Waals surface area contributed by atoms with Crippen LogP contribution in [-0.4, -0.2) is 50.5 Å². The average Bonchev–Trinajstić information content (AvgIpc) is 3.15. The smallest absolute Gasteiger partial charge is 0.124 e. The van der Waals surface area contributed by atoms with Crippen molar-refractivity contribution >= 4 is 11.0 Å². The van der Waals surface area contributed by atoms with Gasteiger partial charge in [-0.15, -0.1) is 0 Å². The standard InChI is InChI=1S/C27H37N5/c1-20(2)31-16-8-9-21(17-31)18-32-24-13-5-4-12-23(24)29-26(32)19-30(3)25-14-6-10-22-11-7-15-28-27(22)25/h4-5,7,11-13,15,20-21,25H,6,8-10,14,16-19H2,1-3H3/t21?,25-/m0/s1. The number of hydrogen-bond acceptors (Lipinski definition) is 4. The Bertz CT molecular complexity index is 1060. The molecule has 2 atom stereocenters. The zero-order valence-electron chi connectivity index (χ0n) is 19.9. The molecule has 0 saturated carbocycles. The molecule has 1 aromatic carbocycles. The van der Waals surface area contributed by atoms with Crippen molar-refractivity contribution in [2.24, 2.45) is 5.92 Å². The van der Waals surface area contributed by atoms with Gasteiger partial charge in [-0.25, -0.2) is 4.98 Å². The molecule has 2 aromatic heterocycles. The van der Waals surface area contributed by atoms with Crippen molar-refractivity contribution in [1.29, 1.82) is 0 Å². The van der Waals surface area contributed by atoms with Crippen LogP contribution in [0.15, 0.2) is 42.6 Å². The van der Waals surface area contributed by atoms with E-state index >= 15 is 0 Å². The number of benzene rings is 1. The number of piperidine rings is 1. The van der Waals surface area contributed by atoms with E-state index in [0.717, 1.165) is 25.0 Å². The SMILES string of the molecule is CC(C)N1CCCC(Cn2c(CN(C)[C@H]3CCCc4cccnc43)nc3ccccc32)C1. The second-order valence-corrected chi connectivity index (χ2v) is 10.1. The summed E-state index contributed by atoms with van der Waals surface area (Å²) in [5.41, 5.74) is 5.08. The largest absolute Gasteiger partial charge is 0.327 e. The molecule has 2 aliphatic rings. The molecule has 0 radical (unpaired) electrons. The minimum absolute atomic E-state index is 0.374. The van der Waals surface area contributed by atoms with E-state index in [1.807, 2.05) is 6.20 Å². The monoisotopic (exact) mass is 431 g/mol. The number of aryl methyl sites for hydroxylation is 1. The van der Waals surface area contributed by atoms with E-state index in [4.69, 9.17) is 9.97 Å². The molecule has 3 heterocycles. The van der Waals surface area contributed by atoms with Gasteiger partial charge in [-0.05, 0) is 89.2 Å². The summed E-state index contributed by atoms with van der Waals surface area (Å²) in [7, 11) is 2.25. The van der Waals surface area contributed by atoms with Gasteiger partial charge in [-0.1, -0.05) is 18.2 Å². The van der Waals surface area contributed by atoms with Crippen molar-refractivity contribution in [3.63, 3.8) is 0 Å². The number of fused-ring (bicyclic) bond motifs is 2. The van der Waals surface area contributed by atoms with Gasteiger partial charge in [0.2, 0.25) is 0 Å². The number of pyridine rings is 1. The Morgan fingerprint density at radius 1 is 1.09 bits per heavy atom. The normalized spacial score (nSPS) is 22.0. The van der Waals surface area contributed by atoms with Gasteiger partial charge in [0, 0.05) is 25.3 Å². The van der Waals surface area contributed by atoms with Gasteiger partial charge < -0.3 is 9.47 Å². The zero-order valence-corrected chi connectivity index (χ0v) is 19.9. The van der Waals surface area contributed by atoms with Gasteiger partial charge in [-0.3, -0.25) is 9.88 Å². The third-order valence-electron chi connectivity index (χ3n) is 7.54. The van der Waals surface area contributed by atoms with Gasteiger partial charge in [0.25, 0.3) is 0 Å². The number of rotatable bonds is 6. The van der Waals surface area contributed by atoms with Crippen LogP contribution in [0.25, 0.3) is 11.0 Å². The first kappa shape index (κ1) is 21.6. The van der Waals surface area contributed by atoms with Crippen molar-refractivity contribution in [3.05, 3.63) is 59.7 Å². The van der Waals surface area contributed by atoms with E-state index in [2.05, 4.69) is 71.7 Å². The number of hydrogen-bond donors (Lipinski definition) is 0. The average molecular weight is 432 g/mol. The molecule has 0 amide bonds. The van der Waals surface area contributed by atoms with E-state index in [1.54, 1.807) is 0 Å². The molecule has 3 aromatic rings. The Balaban J connectivity index is 1.41. The summed E-state index contributed by atoms with van der Waals surface area (Å²) in [5, 5.41) is 0. The fraction of sp³-hybridized carbons (Fsp3) is 0.556. The van der Waals surface area contributed by atoms with E-state index in [1.165, 1.54) is 61.4 Å². The number of imidazole rings is 1. The number of para-hydroxylation sites is 2. The first-order valence-corrected chi connectivity index (χ1v) is 12.4. The Kier molecular flexibility index (Phi) is 6.29. The first-order chi connectivity index (χ1) is 15.6. The van der Waals surface area contributed by atoms with Crippen LogP contribution in [0.3, 0.4) is 0 Å². The lowest BCUT2D eigenvalue weighted by Gasteiger charge is -2.36. The highest BCUT2D eigenvalue weighted by molar-refractivity contribution is 5.75. The van der Waals surface area contributed by atoms with Crippen molar-refractivity contribution in [1.82, 2.24) is 24.3 Å². The maximum absolute atomic E-state index is 5.11. The maximum Gasteiger partial charge on any atom is 0.124 e. The first-order valence-electron chi connectivity index (χ1n) is 12.4. The molecular formula is C27H37N5. The third-order valence-corrected chi connectivity index (χ3v) is 7.54. The van der Waals surface area contributed by atoms with Crippen LogP contribution in [-0.2, 0) is 19.5 Å². The maximum atomic E-state index is 5.11. The van der Waals surface area contributed by atoms with Crippen LogP contribution < -0.4 is 0 Å². The Morgan fingerprint density at radius 3 is 2.84 bits per heavy atom. The fourth-order valence-electron chi connectivity index (χ4n) is 5.77. The molecule has 1 aliphatic heterocycles. The van der Waals surface area contributed by atoms with Crippen molar-refractivity contribution < 1.29 is 0 Å². The Morgan fingerprint density at radius 2 is 1.97 bits per heavy atom. The predicted octanol–water partition coefficient (Wildman–Crippen LogP) is 5.06. The molecule has 32 heavy (non-hydrogen) atoms. The summed E-state index contributed by atoms with van der Waals surface area (Å²) in [6.45, 7) is 9.00. The lowest BCUT2D eigenvalue weighted by molar-refractivity contribution is 0.129. The lowest BCUT2D eigenvalue weighted by atomic mass is 9.91. The Labute approximate surface area is 192 Å². The highest BCUT2D eigenvalue weighted by Crippen LogP contribution is 2.33. The van der Waals surface area contributed by atoms with Crippen molar-refractivity contribution in [2.45, 2.75) is 71.1 Å². The lowest BCUT2D eigenvalue weighted by Crippen LogP contribution is -2.41. The third kappa shape index (κ3) is 4.33. The summed E-state index contributed by atoms with van der Waals surface area (Å²) >= 11 is 0. The molecule has 0 spiro atoms. The molecule has 0 bridgehead atoms. The second kappa shape index (κ2) is 9.32. The van der Waals surface area contributed by atoms with Crippen LogP contribution >= 0.6 is 0 Å². The summed E-state index contributed by atoms with van der Waals surface area (Å²) in [6.07, 6.45) is 8.12. The molecule has 5 rings (SSSR count). The van der Waals surface area contributed by atoms with Gasteiger partial charge >= 0.3 is 0 Å². The van der Waals surface area contributed by atoms with Crippen LogP contribution in [0.1, 0.15) is 62.7 Å². The quantitative estimate of drug-likeness (QED) is 0.547. The molecule has 1 fully saturated rings. The Hall–Kier alpha value is -2.24. The summed E-state index contributed by atoms with van der Waals surface area (Å²) in [5.74, 6) is 1.88. The summed E-state index contributed by atoms with van der Waals surface area (Å²) < 4.78 is 2.52. The highest BCUT2D eigenvalue weighted by Gasteiger charge is 2.27. The van der Waals surface area contributed by atoms with Gasteiger partial charge in [0.15, 0.2) is 0 Å². The molecule has 5 heteroatoms. The molecular weight excluding hydrogens is 394 g/mol. The van der Waals surface area contributed by atoms with Gasteiger partial charge in [0.1, 0.15) is 5.82 Å². The molecule has 5 nitrogen and oxygen atoms in total. The second-order valence-electron chi connectivity index (χ2n) is 10.1. The highest BCUT2D eigenvalue weighted by atomic mass is 15.2. The van der Waals surface area contributed by atoms with E-state index in [0.29, 0.717) is 18.0 Å². The number of likely N-dealkylation sites (tertiary alicyclic amines) is 1. The minimum Gasteiger partial charge on any atom is -0.327 e. The topological polar surface area (TPSA) is 37.2 Å². The van der Waals surface area contributed by atoms with Crippen molar-refractivity contribution in [3.8, 4) is 0 Å². The van der Waals surface area contributed by atoms with Crippen molar-refractivity contribution in [2.75, 3.05) is 20.1 Å². The fourth-order valence-corrected chi connectivity index (χ4v) is 5.77. The summed E-state index contributed by atoms with van der Waals surface area (Å²) in [6, 6.07) is 14.0. The van der Waals surface area contributed by atoms with E-state index < -0.39 is 0 Å². The molecule has 1 aliphatic carbocycles. The van der Waals surface area contributed by atoms with E-state index in [9.17, 15) is 0 Å². The molecule has 1 saturated heterocycles.